The second kappa shape index (κ2) is 9.02. The van der Waals surface area contributed by atoms with Crippen LogP contribution < -0.4 is 10.1 Å². The normalized spacial score (nSPS) is 11.8. The Balaban J connectivity index is 2.73. The van der Waals surface area contributed by atoms with E-state index in [9.17, 15) is 14.9 Å². The van der Waals surface area contributed by atoms with E-state index in [0.717, 1.165) is 25.7 Å². The van der Waals surface area contributed by atoms with Gasteiger partial charge in [0.05, 0.1) is 12.0 Å². The molecule has 1 aromatic rings. The number of carbonyl (C=O) groups excluding carboxylic acids is 1. The number of hydrogen-bond donors (Lipinski definition) is 1. The average Bonchev–Trinajstić information content (AvgIpc) is 2.54. The summed E-state index contributed by atoms with van der Waals surface area (Å²) in [6.07, 6.45) is 4.36. The van der Waals surface area contributed by atoms with Gasteiger partial charge in [0.15, 0.2) is 5.75 Å². The Labute approximate surface area is 131 Å². The topological polar surface area (TPSA) is 81.5 Å². The zero-order chi connectivity index (χ0) is 16.5. The molecule has 22 heavy (non-hydrogen) atoms. The number of ether oxygens (including phenoxy) is 1. The Hall–Kier alpha value is -2.11. The minimum Gasteiger partial charge on any atom is -0.490 e. The summed E-state index contributed by atoms with van der Waals surface area (Å²) >= 11 is 0. The number of hydrogen-bond acceptors (Lipinski definition) is 4. The van der Waals surface area contributed by atoms with E-state index in [0.29, 0.717) is 12.5 Å². The molecule has 1 N–H and O–H groups in total. The molecule has 6 nitrogen and oxygen atoms in total. The summed E-state index contributed by atoms with van der Waals surface area (Å²) in [5.74, 6) is 0.300. The molecule has 1 aromatic carbocycles. The van der Waals surface area contributed by atoms with Crippen molar-refractivity contribution in [2.24, 2.45) is 5.92 Å². The van der Waals surface area contributed by atoms with Crippen LogP contribution in [0.15, 0.2) is 18.2 Å². The molecule has 0 aliphatic rings. The molecule has 0 saturated carbocycles. The molecule has 0 aliphatic carbocycles. The summed E-state index contributed by atoms with van der Waals surface area (Å²) in [5, 5.41) is 13.8. The van der Waals surface area contributed by atoms with Crippen molar-refractivity contribution in [1.82, 2.24) is 5.32 Å². The summed E-state index contributed by atoms with van der Waals surface area (Å²) < 4.78 is 4.93. The van der Waals surface area contributed by atoms with Crippen molar-refractivity contribution < 1.29 is 14.5 Å². The maximum absolute atomic E-state index is 12.1. The van der Waals surface area contributed by atoms with Gasteiger partial charge in [0, 0.05) is 18.2 Å². The number of nitrogens with one attached hydrogen (secondary N) is 1. The molecule has 122 valence electrons. The fourth-order valence-corrected chi connectivity index (χ4v) is 2.26. The Kier molecular flexibility index (Phi) is 7.36. The molecule has 0 aromatic heterocycles. The van der Waals surface area contributed by atoms with Gasteiger partial charge in [-0.2, -0.15) is 0 Å². The molecular formula is C16H24N2O4. The number of nitrogens with zero attached hydrogens (tertiary/aromatic N) is 1. The molecule has 0 spiro atoms. The van der Waals surface area contributed by atoms with E-state index in [2.05, 4.69) is 19.2 Å². The van der Waals surface area contributed by atoms with Crippen LogP contribution in [-0.4, -0.2) is 24.5 Å². The maximum atomic E-state index is 12.1. The van der Waals surface area contributed by atoms with Crippen LogP contribution in [-0.2, 0) is 0 Å². The first-order valence-electron chi connectivity index (χ1n) is 7.64. The average molecular weight is 308 g/mol. The molecule has 0 heterocycles. The lowest BCUT2D eigenvalue weighted by molar-refractivity contribution is -0.385. The molecule has 1 amide bonds. The summed E-state index contributed by atoms with van der Waals surface area (Å²) in [5.41, 5.74) is 0.0750. The number of benzene rings is 1. The third-order valence-corrected chi connectivity index (χ3v) is 3.73. The van der Waals surface area contributed by atoms with Crippen LogP contribution >= 0.6 is 0 Å². The van der Waals surface area contributed by atoms with Crippen molar-refractivity contribution in [2.75, 3.05) is 13.7 Å². The van der Waals surface area contributed by atoms with E-state index in [1.54, 1.807) is 0 Å². The molecule has 0 fully saturated rings. The van der Waals surface area contributed by atoms with E-state index >= 15 is 0 Å². The van der Waals surface area contributed by atoms with Crippen molar-refractivity contribution >= 4 is 11.6 Å². The number of nitro benzene ring substituents is 1. The summed E-state index contributed by atoms with van der Waals surface area (Å²) in [6, 6.07) is 4.23. The number of carbonyl (C=O) groups is 1. The van der Waals surface area contributed by atoms with Crippen molar-refractivity contribution in [2.45, 2.75) is 39.5 Å². The second-order valence-electron chi connectivity index (χ2n) is 5.27. The lowest BCUT2D eigenvalue weighted by Crippen LogP contribution is -2.29. The van der Waals surface area contributed by atoms with Crippen molar-refractivity contribution in [3.8, 4) is 5.75 Å². The van der Waals surface area contributed by atoms with E-state index < -0.39 is 4.92 Å². The molecule has 1 unspecified atom stereocenters. The van der Waals surface area contributed by atoms with Crippen molar-refractivity contribution in [1.29, 1.82) is 0 Å². The number of methoxy groups -OCH3 is 1. The minimum absolute atomic E-state index is 0.149. The van der Waals surface area contributed by atoms with Crippen LogP contribution in [0.4, 0.5) is 5.69 Å². The second-order valence-corrected chi connectivity index (χ2v) is 5.27. The van der Waals surface area contributed by atoms with Gasteiger partial charge in [-0.1, -0.05) is 33.1 Å². The highest BCUT2D eigenvalue weighted by Crippen LogP contribution is 2.27. The Morgan fingerprint density at radius 3 is 2.68 bits per heavy atom. The van der Waals surface area contributed by atoms with Gasteiger partial charge in [-0.3, -0.25) is 14.9 Å². The zero-order valence-corrected chi connectivity index (χ0v) is 13.4. The van der Waals surface area contributed by atoms with Crippen LogP contribution in [0.2, 0.25) is 0 Å². The Bertz CT molecular complexity index is 517. The number of nitro groups is 1. The zero-order valence-electron chi connectivity index (χ0n) is 13.4. The predicted octanol–water partition coefficient (Wildman–Crippen LogP) is 3.55. The molecule has 6 heteroatoms. The third kappa shape index (κ3) is 5.02. The van der Waals surface area contributed by atoms with Crippen LogP contribution in [0.25, 0.3) is 0 Å². The number of unbranched alkanes of at least 4 members (excludes halogenated alkanes) is 1. The Morgan fingerprint density at radius 1 is 1.41 bits per heavy atom. The third-order valence-electron chi connectivity index (χ3n) is 3.73. The van der Waals surface area contributed by atoms with Crippen LogP contribution in [0.1, 0.15) is 49.9 Å². The molecular weight excluding hydrogens is 284 g/mol. The first-order valence-corrected chi connectivity index (χ1v) is 7.64. The lowest BCUT2D eigenvalue weighted by Gasteiger charge is -2.15. The van der Waals surface area contributed by atoms with Gasteiger partial charge in [0.2, 0.25) is 0 Å². The van der Waals surface area contributed by atoms with Crippen molar-refractivity contribution in [3.05, 3.63) is 33.9 Å². The smallest absolute Gasteiger partial charge is 0.311 e. The predicted molar refractivity (Wildman–Crippen MR) is 85.3 cm³/mol. The molecule has 0 saturated heterocycles. The summed E-state index contributed by atoms with van der Waals surface area (Å²) in [4.78, 5) is 22.6. The molecule has 1 atom stereocenters. The van der Waals surface area contributed by atoms with Crippen molar-refractivity contribution in [3.63, 3.8) is 0 Å². The van der Waals surface area contributed by atoms with Gasteiger partial charge in [-0.15, -0.1) is 0 Å². The van der Waals surface area contributed by atoms with Crippen LogP contribution in [0.5, 0.6) is 5.75 Å². The molecule has 0 bridgehead atoms. The fraction of sp³-hybridized carbons (Fsp3) is 0.562. The number of rotatable bonds is 9. The maximum Gasteiger partial charge on any atom is 0.311 e. The van der Waals surface area contributed by atoms with Gasteiger partial charge in [0.25, 0.3) is 5.91 Å². The van der Waals surface area contributed by atoms with E-state index in [4.69, 9.17) is 4.74 Å². The SMILES string of the molecule is CCCCC(CC)CNC(=O)c1ccc(OC)c([N+](=O)[O-])c1. The highest BCUT2D eigenvalue weighted by Gasteiger charge is 2.18. The van der Waals surface area contributed by atoms with Gasteiger partial charge >= 0.3 is 5.69 Å². The molecule has 0 aliphatic heterocycles. The van der Waals surface area contributed by atoms with Gasteiger partial charge < -0.3 is 10.1 Å². The minimum atomic E-state index is -0.550. The fourth-order valence-electron chi connectivity index (χ4n) is 2.26. The van der Waals surface area contributed by atoms with Crippen LogP contribution in [0, 0.1) is 16.0 Å². The monoisotopic (exact) mass is 308 g/mol. The summed E-state index contributed by atoms with van der Waals surface area (Å²) in [7, 11) is 1.36. The quantitative estimate of drug-likeness (QED) is 0.558. The van der Waals surface area contributed by atoms with E-state index in [1.807, 2.05) is 0 Å². The number of amides is 1. The Morgan fingerprint density at radius 2 is 2.14 bits per heavy atom. The highest BCUT2D eigenvalue weighted by atomic mass is 16.6. The first-order chi connectivity index (χ1) is 10.5. The van der Waals surface area contributed by atoms with Crippen LogP contribution in [0.3, 0.4) is 0 Å². The molecule has 1 rings (SSSR count). The van der Waals surface area contributed by atoms with Gasteiger partial charge in [-0.05, 0) is 24.5 Å². The lowest BCUT2D eigenvalue weighted by atomic mass is 9.99. The largest absolute Gasteiger partial charge is 0.490 e. The van der Waals surface area contributed by atoms with E-state index in [1.165, 1.54) is 25.3 Å². The summed E-state index contributed by atoms with van der Waals surface area (Å²) in [6.45, 7) is 4.83. The highest BCUT2D eigenvalue weighted by molar-refractivity contribution is 5.95. The van der Waals surface area contributed by atoms with Gasteiger partial charge in [-0.25, -0.2) is 0 Å². The van der Waals surface area contributed by atoms with E-state index in [-0.39, 0.29) is 22.9 Å². The first kappa shape index (κ1) is 17.9. The van der Waals surface area contributed by atoms with Gasteiger partial charge in [0.1, 0.15) is 0 Å². The molecule has 0 radical (unpaired) electrons. The standard InChI is InChI=1S/C16H24N2O4/c1-4-6-7-12(5-2)11-17-16(19)13-8-9-15(22-3)14(10-13)18(20)21/h8-10,12H,4-7,11H2,1-3H3,(H,17,19).